The molecule has 7 heteroatoms. The minimum Gasteiger partial charge on any atom is -0.308 e. The molecule has 0 aliphatic rings. The van der Waals surface area contributed by atoms with Crippen molar-refractivity contribution in [1.29, 1.82) is 0 Å². The summed E-state index contributed by atoms with van der Waals surface area (Å²) in [5.74, 6) is -0.379. The van der Waals surface area contributed by atoms with Crippen LogP contribution in [0.25, 0.3) is 0 Å². The maximum Gasteiger partial charge on any atom is 0.325 e. The third-order valence-electron chi connectivity index (χ3n) is 3.86. The van der Waals surface area contributed by atoms with Gasteiger partial charge in [0.25, 0.3) is 0 Å². The predicted molar refractivity (Wildman–Crippen MR) is 105 cm³/mol. The number of benzene rings is 2. The first kappa shape index (κ1) is 18.7. The van der Waals surface area contributed by atoms with E-state index in [0.29, 0.717) is 34.2 Å². The lowest BCUT2D eigenvalue weighted by Gasteiger charge is -2.04. The van der Waals surface area contributed by atoms with Crippen molar-refractivity contribution in [2.45, 2.75) is 19.8 Å². The minimum absolute atomic E-state index is 0.000783. The van der Waals surface area contributed by atoms with E-state index in [1.54, 1.807) is 6.92 Å². The minimum atomic E-state index is -0.501. The zero-order valence-electron chi connectivity index (χ0n) is 14.7. The van der Waals surface area contributed by atoms with Gasteiger partial charge in [0.15, 0.2) is 10.9 Å². The van der Waals surface area contributed by atoms with Gasteiger partial charge in [0, 0.05) is 12.1 Å². The lowest BCUT2D eigenvalue weighted by molar-refractivity contribution is 0.0986. The van der Waals surface area contributed by atoms with E-state index in [-0.39, 0.29) is 11.6 Å². The number of ketones is 1. The average Bonchev–Trinajstić information content (AvgIpc) is 3.02. The first-order valence-corrected chi connectivity index (χ1v) is 9.21. The van der Waals surface area contributed by atoms with E-state index in [0.717, 1.165) is 16.9 Å². The predicted octanol–water partition coefficient (Wildman–Crippen LogP) is 5.05. The molecular weight excluding hydrogens is 365 g/mol. The Kier molecular flexibility index (Phi) is 5.93. The van der Waals surface area contributed by atoms with E-state index in [2.05, 4.69) is 15.6 Å². The second-order valence-corrected chi connectivity index (χ2v) is 6.93. The summed E-state index contributed by atoms with van der Waals surface area (Å²) in [5.41, 5.74) is 2.15. The van der Waals surface area contributed by atoms with Crippen molar-refractivity contribution in [3.8, 4) is 0 Å². The normalized spacial score (nSPS) is 10.4. The molecule has 0 bridgehead atoms. The highest BCUT2D eigenvalue weighted by atomic mass is 32.1. The molecule has 0 saturated carbocycles. The number of hydrogen-bond donors (Lipinski definition) is 2. The molecule has 5 nitrogen and oxygen atoms in total. The summed E-state index contributed by atoms with van der Waals surface area (Å²) < 4.78 is 12.9. The Balaban J connectivity index is 1.59. The number of amides is 2. The van der Waals surface area contributed by atoms with Crippen LogP contribution in [0.3, 0.4) is 0 Å². The van der Waals surface area contributed by atoms with Crippen molar-refractivity contribution in [3.05, 3.63) is 76.5 Å². The Bertz CT molecular complexity index is 940. The number of hydrogen-bond acceptors (Lipinski definition) is 4. The Morgan fingerprint density at radius 2 is 1.74 bits per heavy atom. The Hall–Kier alpha value is -3.06. The summed E-state index contributed by atoms with van der Waals surface area (Å²) in [7, 11) is 0. The van der Waals surface area contributed by atoms with E-state index in [1.165, 1.54) is 24.3 Å². The molecule has 2 amide bonds. The number of nitrogens with one attached hydrogen (secondary N) is 2. The van der Waals surface area contributed by atoms with E-state index in [1.807, 2.05) is 30.3 Å². The molecule has 3 aromatic rings. The average molecular weight is 383 g/mol. The summed E-state index contributed by atoms with van der Waals surface area (Å²) >= 11 is 1.15. The smallest absolute Gasteiger partial charge is 0.308 e. The number of urea groups is 1. The molecule has 0 atom stereocenters. The van der Waals surface area contributed by atoms with Crippen LogP contribution in [-0.2, 0) is 6.42 Å². The molecule has 0 aliphatic carbocycles. The van der Waals surface area contributed by atoms with Crippen molar-refractivity contribution in [1.82, 2.24) is 4.98 Å². The SMILES string of the molecule is Cc1nc(NC(=O)Nc2ccc(F)cc2)sc1C(=O)CCc1ccccc1. The van der Waals surface area contributed by atoms with Crippen LogP contribution in [0, 0.1) is 12.7 Å². The number of halogens is 1. The largest absolute Gasteiger partial charge is 0.325 e. The van der Waals surface area contributed by atoms with Gasteiger partial charge in [-0.3, -0.25) is 10.1 Å². The van der Waals surface area contributed by atoms with Gasteiger partial charge in [0.1, 0.15) is 5.82 Å². The fraction of sp³-hybridized carbons (Fsp3) is 0.150. The van der Waals surface area contributed by atoms with Gasteiger partial charge < -0.3 is 5.32 Å². The van der Waals surface area contributed by atoms with E-state index >= 15 is 0 Å². The van der Waals surface area contributed by atoms with Gasteiger partial charge in [-0.1, -0.05) is 41.7 Å². The topological polar surface area (TPSA) is 71.1 Å². The molecule has 1 aromatic heterocycles. The van der Waals surface area contributed by atoms with Gasteiger partial charge in [-0.2, -0.15) is 0 Å². The number of carbonyl (C=O) groups is 2. The number of anilines is 2. The number of aryl methyl sites for hydroxylation is 2. The van der Waals surface area contributed by atoms with E-state index in [4.69, 9.17) is 0 Å². The molecule has 0 radical (unpaired) electrons. The number of rotatable bonds is 6. The third-order valence-corrected chi connectivity index (χ3v) is 4.97. The van der Waals surface area contributed by atoms with E-state index in [9.17, 15) is 14.0 Å². The van der Waals surface area contributed by atoms with Crippen LogP contribution in [0.1, 0.15) is 27.3 Å². The molecule has 2 aromatic carbocycles. The van der Waals surface area contributed by atoms with Crippen LogP contribution in [-0.4, -0.2) is 16.8 Å². The monoisotopic (exact) mass is 383 g/mol. The highest BCUT2D eigenvalue weighted by Crippen LogP contribution is 2.24. The summed E-state index contributed by atoms with van der Waals surface area (Å²) in [6.07, 6.45) is 1.04. The molecule has 1 heterocycles. The van der Waals surface area contributed by atoms with Crippen LogP contribution in [0.4, 0.5) is 20.0 Å². The molecule has 2 N–H and O–H groups in total. The quantitative estimate of drug-likeness (QED) is 0.585. The third kappa shape index (κ3) is 5.21. The zero-order valence-corrected chi connectivity index (χ0v) is 15.5. The maximum absolute atomic E-state index is 12.9. The lowest BCUT2D eigenvalue weighted by Crippen LogP contribution is -2.19. The first-order valence-electron chi connectivity index (χ1n) is 8.39. The standard InChI is InChI=1S/C20H18FN3O2S/c1-13-18(17(25)12-7-14-5-3-2-4-6-14)27-20(22-13)24-19(26)23-16-10-8-15(21)9-11-16/h2-6,8-11H,7,12H2,1H3,(H2,22,23,24,26). The molecular formula is C20H18FN3O2S. The van der Waals surface area contributed by atoms with Crippen LogP contribution in [0.5, 0.6) is 0 Å². The molecule has 0 unspecified atom stereocenters. The molecule has 0 fully saturated rings. The van der Waals surface area contributed by atoms with Crippen molar-refractivity contribution in [2.24, 2.45) is 0 Å². The Labute approximate surface area is 160 Å². The van der Waals surface area contributed by atoms with Crippen LogP contribution < -0.4 is 10.6 Å². The molecule has 27 heavy (non-hydrogen) atoms. The first-order chi connectivity index (χ1) is 13.0. The number of Topliss-reactive ketones (excluding diaryl/α,β-unsaturated/α-hetero) is 1. The lowest BCUT2D eigenvalue weighted by atomic mass is 10.1. The number of carbonyl (C=O) groups excluding carboxylic acids is 2. The highest BCUT2D eigenvalue weighted by molar-refractivity contribution is 7.17. The van der Waals surface area contributed by atoms with Crippen LogP contribution in [0.2, 0.25) is 0 Å². The summed E-state index contributed by atoms with van der Waals surface area (Å²) in [6.45, 7) is 1.75. The van der Waals surface area contributed by atoms with E-state index < -0.39 is 6.03 Å². The highest BCUT2D eigenvalue weighted by Gasteiger charge is 2.16. The summed E-state index contributed by atoms with van der Waals surface area (Å²) in [6, 6.07) is 14.7. The number of aromatic nitrogens is 1. The molecule has 0 saturated heterocycles. The molecule has 0 spiro atoms. The van der Waals surface area contributed by atoms with Gasteiger partial charge in [-0.05, 0) is 43.2 Å². The Morgan fingerprint density at radius 3 is 2.44 bits per heavy atom. The van der Waals surface area contributed by atoms with Crippen LogP contribution in [0.15, 0.2) is 54.6 Å². The molecule has 3 rings (SSSR count). The zero-order chi connectivity index (χ0) is 19.2. The van der Waals surface area contributed by atoms with Crippen LogP contribution >= 0.6 is 11.3 Å². The molecule has 0 aliphatic heterocycles. The summed E-state index contributed by atoms with van der Waals surface area (Å²) in [5, 5.41) is 5.54. The fourth-order valence-corrected chi connectivity index (χ4v) is 3.45. The Morgan fingerprint density at radius 1 is 1.04 bits per heavy atom. The van der Waals surface area contributed by atoms with Crippen molar-refractivity contribution in [3.63, 3.8) is 0 Å². The van der Waals surface area contributed by atoms with Gasteiger partial charge in [-0.15, -0.1) is 0 Å². The second kappa shape index (κ2) is 8.55. The van der Waals surface area contributed by atoms with Gasteiger partial charge >= 0.3 is 6.03 Å². The fourth-order valence-electron chi connectivity index (χ4n) is 2.52. The number of thiazole rings is 1. The van der Waals surface area contributed by atoms with Crippen molar-refractivity contribution < 1.29 is 14.0 Å². The maximum atomic E-state index is 12.9. The number of nitrogens with zero attached hydrogens (tertiary/aromatic N) is 1. The van der Waals surface area contributed by atoms with Gasteiger partial charge in [-0.25, -0.2) is 14.2 Å². The van der Waals surface area contributed by atoms with Crippen molar-refractivity contribution >= 4 is 34.0 Å². The van der Waals surface area contributed by atoms with Crippen molar-refractivity contribution in [2.75, 3.05) is 10.6 Å². The van der Waals surface area contributed by atoms with Gasteiger partial charge in [0.2, 0.25) is 0 Å². The summed E-state index contributed by atoms with van der Waals surface area (Å²) in [4.78, 5) is 29.3. The van der Waals surface area contributed by atoms with Gasteiger partial charge in [0.05, 0.1) is 10.6 Å². The molecule has 138 valence electrons. The second-order valence-electron chi connectivity index (χ2n) is 5.93.